The first-order valence-electron chi connectivity index (χ1n) is 6.63. The molecule has 0 unspecified atom stereocenters. The molecule has 0 aliphatic rings. The fourth-order valence-electron chi connectivity index (χ4n) is 1.83. The SMILES string of the molecule is CC(=O)Cc1ccc(SCCSc2ccccc2)cc1. The minimum atomic E-state index is 0.213. The molecule has 0 heterocycles. The fraction of sp³-hybridized carbons (Fsp3) is 0.235. The van der Waals surface area contributed by atoms with Crippen molar-refractivity contribution in [1.82, 2.24) is 0 Å². The van der Waals surface area contributed by atoms with Gasteiger partial charge in [-0.15, -0.1) is 23.5 Å². The van der Waals surface area contributed by atoms with Gasteiger partial charge in [-0.25, -0.2) is 0 Å². The summed E-state index contributed by atoms with van der Waals surface area (Å²) in [6, 6.07) is 18.8. The molecule has 1 nitrogen and oxygen atoms in total. The van der Waals surface area contributed by atoms with Gasteiger partial charge in [0.1, 0.15) is 5.78 Å². The van der Waals surface area contributed by atoms with E-state index in [4.69, 9.17) is 0 Å². The Kier molecular flexibility index (Phi) is 6.22. The number of hydrogen-bond donors (Lipinski definition) is 0. The van der Waals surface area contributed by atoms with E-state index >= 15 is 0 Å². The summed E-state index contributed by atoms with van der Waals surface area (Å²) in [6.07, 6.45) is 0.537. The smallest absolute Gasteiger partial charge is 0.134 e. The molecular formula is C17H18OS2. The van der Waals surface area contributed by atoms with E-state index in [0.29, 0.717) is 6.42 Å². The van der Waals surface area contributed by atoms with Crippen LogP contribution in [0.15, 0.2) is 64.4 Å². The Balaban J connectivity index is 1.73. The summed E-state index contributed by atoms with van der Waals surface area (Å²) < 4.78 is 0. The molecule has 0 N–H and O–H groups in total. The van der Waals surface area contributed by atoms with Crippen molar-refractivity contribution >= 4 is 29.3 Å². The van der Waals surface area contributed by atoms with Gasteiger partial charge in [0.05, 0.1) is 0 Å². The minimum absolute atomic E-state index is 0.213. The van der Waals surface area contributed by atoms with Gasteiger partial charge < -0.3 is 0 Å². The Morgan fingerprint density at radius 1 is 0.850 bits per heavy atom. The number of carbonyl (C=O) groups is 1. The van der Waals surface area contributed by atoms with Crippen LogP contribution >= 0.6 is 23.5 Å². The van der Waals surface area contributed by atoms with Gasteiger partial charge in [-0.2, -0.15) is 0 Å². The number of benzene rings is 2. The van der Waals surface area contributed by atoms with E-state index in [9.17, 15) is 4.79 Å². The second-order valence-corrected chi connectivity index (χ2v) is 6.87. The van der Waals surface area contributed by atoms with Crippen LogP contribution in [0.4, 0.5) is 0 Å². The van der Waals surface area contributed by atoms with E-state index in [-0.39, 0.29) is 5.78 Å². The van der Waals surface area contributed by atoms with Crippen LogP contribution in [0.1, 0.15) is 12.5 Å². The standard InChI is InChI=1S/C17H18OS2/c1-14(18)13-15-7-9-17(10-8-15)20-12-11-19-16-5-3-2-4-6-16/h2-10H,11-13H2,1H3. The number of Topliss-reactive ketones (excluding diaryl/α,β-unsaturated/α-hetero) is 1. The molecule has 0 aliphatic heterocycles. The number of hydrogen-bond acceptors (Lipinski definition) is 3. The average molecular weight is 302 g/mol. The van der Waals surface area contributed by atoms with Crippen molar-refractivity contribution < 1.29 is 4.79 Å². The molecule has 0 fully saturated rings. The molecule has 2 aromatic carbocycles. The first-order valence-corrected chi connectivity index (χ1v) is 8.60. The highest BCUT2D eigenvalue weighted by Gasteiger charge is 1.99. The zero-order valence-corrected chi connectivity index (χ0v) is 13.2. The summed E-state index contributed by atoms with van der Waals surface area (Å²) in [5.41, 5.74) is 1.10. The normalized spacial score (nSPS) is 10.4. The molecule has 3 heteroatoms. The number of rotatable bonds is 7. The van der Waals surface area contributed by atoms with Crippen LogP contribution in [0.25, 0.3) is 0 Å². The van der Waals surface area contributed by atoms with Gasteiger partial charge in [0.2, 0.25) is 0 Å². The highest BCUT2D eigenvalue weighted by molar-refractivity contribution is 8.03. The van der Waals surface area contributed by atoms with Crippen molar-refractivity contribution in [3.8, 4) is 0 Å². The fourth-order valence-corrected chi connectivity index (χ4v) is 3.64. The molecule has 0 amide bonds. The van der Waals surface area contributed by atoms with E-state index in [1.165, 1.54) is 9.79 Å². The molecule has 0 bridgehead atoms. The van der Waals surface area contributed by atoms with Gasteiger partial charge in [0, 0.05) is 27.7 Å². The largest absolute Gasteiger partial charge is 0.300 e. The Morgan fingerprint density at radius 2 is 1.40 bits per heavy atom. The molecule has 0 aliphatic carbocycles. The Labute approximate surface area is 129 Å². The molecule has 0 atom stereocenters. The van der Waals surface area contributed by atoms with Crippen LogP contribution in [0.5, 0.6) is 0 Å². The van der Waals surface area contributed by atoms with Crippen LogP contribution in [-0.4, -0.2) is 17.3 Å². The second-order valence-electron chi connectivity index (χ2n) is 4.53. The monoisotopic (exact) mass is 302 g/mol. The van der Waals surface area contributed by atoms with Gasteiger partial charge in [0.25, 0.3) is 0 Å². The molecule has 2 rings (SSSR count). The van der Waals surface area contributed by atoms with Crippen molar-refractivity contribution in [2.45, 2.75) is 23.1 Å². The van der Waals surface area contributed by atoms with E-state index in [2.05, 4.69) is 36.4 Å². The quantitative estimate of drug-likeness (QED) is 0.545. The van der Waals surface area contributed by atoms with Crippen molar-refractivity contribution in [2.75, 3.05) is 11.5 Å². The molecular weight excluding hydrogens is 284 g/mol. The summed E-state index contributed by atoms with van der Waals surface area (Å²) >= 11 is 3.75. The maximum Gasteiger partial charge on any atom is 0.134 e. The Bertz CT molecular complexity index is 535. The topological polar surface area (TPSA) is 17.1 Å². The van der Waals surface area contributed by atoms with E-state index in [1.54, 1.807) is 6.92 Å². The molecule has 0 spiro atoms. The maximum atomic E-state index is 11.0. The van der Waals surface area contributed by atoms with Gasteiger partial charge in [-0.05, 0) is 36.8 Å². The molecule has 2 aromatic rings. The lowest BCUT2D eigenvalue weighted by molar-refractivity contribution is -0.116. The third kappa shape index (κ3) is 5.43. The summed E-state index contributed by atoms with van der Waals surface area (Å²) in [5.74, 6) is 2.40. The van der Waals surface area contributed by atoms with Crippen molar-refractivity contribution in [2.24, 2.45) is 0 Å². The lowest BCUT2D eigenvalue weighted by atomic mass is 10.1. The van der Waals surface area contributed by atoms with Crippen molar-refractivity contribution in [1.29, 1.82) is 0 Å². The summed E-state index contributed by atoms with van der Waals surface area (Å²) in [7, 11) is 0. The number of thioether (sulfide) groups is 2. The average Bonchev–Trinajstić information content (AvgIpc) is 2.46. The molecule has 0 saturated carbocycles. The predicted octanol–water partition coefficient (Wildman–Crippen LogP) is 4.70. The molecule has 104 valence electrons. The van der Waals surface area contributed by atoms with Crippen LogP contribution in [0.3, 0.4) is 0 Å². The van der Waals surface area contributed by atoms with E-state index in [1.807, 2.05) is 41.7 Å². The number of carbonyl (C=O) groups excluding carboxylic acids is 1. The van der Waals surface area contributed by atoms with E-state index < -0.39 is 0 Å². The second kappa shape index (κ2) is 8.18. The summed E-state index contributed by atoms with van der Waals surface area (Å²) in [5, 5.41) is 0. The summed E-state index contributed by atoms with van der Waals surface area (Å²) in [6.45, 7) is 1.63. The third-order valence-corrected chi connectivity index (χ3v) is 5.03. The van der Waals surface area contributed by atoms with Gasteiger partial charge in [-0.3, -0.25) is 4.79 Å². The molecule has 20 heavy (non-hydrogen) atoms. The van der Waals surface area contributed by atoms with Crippen LogP contribution in [-0.2, 0) is 11.2 Å². The zero-order valence-electron chi connectivity index (χ0n) is 11.5. The van der Waals surface area contributed by atoms with Crippen LogP contribution in [0, 0.1) is 0 Å². The maximum absolute atomic E-state index is 11.0. The summed E-state index contributed by atoms with van der Waals surface area (Å²) in [4.78, 5) is 13.6. The first-order chi connectivity index (χ1) is 9.74. The van der Waals surface area contributed by atoms with Crippen LogP contribution < -0.4 is 0 Å². The first kappa shape index (κ1) is 15.2. The van der Waals surface area contributed by atoms with Gasteiger partial charge >= 0.3 is 0 Å². The van der Waals surface area contributed by atoms with E-state index in [0.717, 1.165) is 17.1 Å². The van der Waals surface area contributed by atoms with Crippen LogP contribution in [0.2, 0.25) is 0 Å². The Hall–Kier alpha value is -1.19. The van der Waals surface area contributed by atoms with Gasteiger partial charge in [-0.1, -0.05) is 30.3 Å². The number of ketones is 1. The molecule has 0 radical (unpaired) electrons. The molecule has 0 saturated heterocycles. The zero-order chi connectivity index (χ0) is 14.2. The van der Waals surface area contributed by atoms with Crippen molar-refractivity contribution in [3.63, 3.8) is 0 Å². The Morgan fingerprint density at radius 3 is 1.95 bits per heavy atom. The van der Waals surface area contributed by atoms with Crippen molar-refractivity contribution in [3.05, 3.63) is 60.2 Å². The highest BCUT2D eigenvalue weighted by Crippen LogP contribution is 2.23. The lowest BCUT2D eigenvalue weighted by Gasteiger charge is -2.04. The minimum Gasteiger partial charge on any atom is -0.300 e. The predicted molar refractivity (Wildman–Crippen MR) is 88.7 cm³/mol. The molecule has 0 aromatic heterocycles. The lowest BCUT2D eigenvalue weighted by Crippen LogP contribution is -1.95. The third-order valence-electron chi connectivity index (χ3n) is 2.74. The van der Waals surface area contributed by atoms with Gasteiger partial charge in [0.15, 0.2) is 0 Å². The highest BCUT2D eigenvalue weighted by atomic mass is 32.2.